The van der Waals surface area contributed by atoms with E-state index in [1.807, 2.05) is 22.7 Å². The quantitative estimate of drug-likeness (QED) is 0.914. The van der Waals surface area contributed by atoms with E-state index in [0.717, 1.165) is 51.3 Å². The zero-order chi connectivity index (χ0) is 17.1. The summed E-state index contributed by atoms with van der Waals surface area (Å²) in [5.74, 6) is 0. The second kappa shape index (κ2) is 7.53. The van der Waals surface area contributed by atoms with Crippen molar-refractivity contribution in [2.75, 3.05) is 31.5 Å². The molecule has 0 saturated carbocycles. The van der Waals surface area contributed by atoms with Gasteiger partial charge >= 0.3 is 6.03 Å². The molecule has 1 aromatic rings. The molecule has 3 heterocycles. The van der Waals surface area contributed by atoms with Crippen LogP contribution >= 0.6 is 0 Å². The molecule has 7 nitrogen and oxygen atoms in total. The number of hydrogen-bond acceptors (Lipinski definition) is 4. The molecule has 1 aromatic heterocycles. The van der Waals surface area contributed by atoms with E-state index in [9.17, 15) is 4.79 Å². The summed E-state index contributed by atoms with van der Waals surface area (Å²) in [5, 5.41) is 7.19. The summed E-state index contributed by atoms with van der Waals surface area (Å²) in [5.41, 5.74) is 0.765. The molecule has 3 rings (SSSR count). The molecule has 3 atom stereocenters. The lowest BCUT2D eigenvalue weighted by atomic mass is 10.1. The molecule has 0 aromatic carbocycles. The van der Waals surface area contributed by atoms with Gasteiger partial charge in [0.15, 0.2) is 0 Å². The molecule has 7 heteroatoms. The summed E-state index contributed by atoms with van der Waals surface area (Å²) in [7, 11) is 0. The third-order valence-electron chi connectivity index (χ3n) is 4.81. The van der Waals surface area contributed by atoms with Crippen LogP contribution in [0.4, 0.5) is 10.5 Å². The molecule has 0 unspecified atom stereocenters. The number of carbonyl (C=O) groups is 1. The van der Waals surface area contributed by atoms with Crippen molar-refractivity contribution in [3.63, 3.8) is 0 Å². The number of rotatable bonds is 4. The summed E-state index contributed by atoms with van der Waals surface area (Å²) in [6, 6.07) is 0.270. The third-order valence-corrected chi connectivity index (χ3v) is 4.81. The summed E-state index contributed by atoms with van der Waals surface area (Å²) < 4.78 is 7.62. The van der Waals surface area contributed by atoms with Crippen LogP contribution in [0.25, 0.3) is 0 Å². The first-order valence-electron chi connectivity index (χ1n) is 9.03. The standard InChI is InChI=1S/C17H29N5O2/c1-4-21-11-15(8-18-21)19-17(23)22-7-5-6-16(22)12-20-9-13(2)24-14(3)10-20/h8,11,13-14,16H,4-7,9-10,12H2,1-3H3,(H,19,23)/t13-,14+,16-/m0/s1. The Morgan fingerprint density at radius 1 is 1.38 bits per heavy atom. The number of amides is 2. The van der Waals surface area contributed by atoms with Crippen molar-refractivity contribution in [3.8, 4) is 0 Å². The monoisotopic (exact) mass is 335 g/mol. The lowest BCUT2D eigenvalue weighted by Gasteiger charge is -2.38. The fourth-order valence-corrected chi connectivity index (χ4v) is 3.82. The Balaban J connectivity index is 1.57. The molecule has 134 valence electrons. The van der Waals surface area contributed by atoms with Gasteiger partial charge in [-0.25, -0.2) is 4.79 Å². The number of hydrogen-bond donors (Lipinski definition) is 1. The maximum atomic E-state index is 12.6. The van der Waals surface area contributed by atoms with Crippen LogP contribution in [0.5, 0.6) is 0 Å². The SMILES string of the molecule is CCn1cc(NC(=O)N2CCC[C@H]2CN2C[C@@H](C)O[C@@H](C)C2)cn1. The average Bonchev–Trinajstić information content (AvgIpc) is 3.15. The van der Waals surface area contributed by atoms with Gasteiger partial charge in [-0.3, -0.25) is 9.58 Å². The van der Waals surface area contributed by atoms with Crippen LogP contribution in [0.15, 0.2) is 12.4 Å². The lowest BCUT2D eigenvalue weighted by molar-refractivity contribution is -0.0712. The zero-order valence-corrected chi connectivity index (χ0v) is 14.9. The molecule has 0 radical (unpaired) electrons. The maximum absolute atomic E-state index is 12.6. The molecular formula is C17H29N5O2. The van der Waals surface area contributed by atoms with Crippen molar-refractivity contribution in [2.24, 2.45) is 0 Å². The van der Waals surface area contributed by atoms with Crippen LogP contribution < -0.4 is 5.32 Å². The molecule has 0 bridgehead atoms. The molecule has 2 fully saturated rings. The largest absolute Gasteiger partial charge is 0.373 e. The van der Waals surface area contributed by atoms with E-state index in [4.69, 9.17) is 4.74 Å². The van der Waals surface area contributed by atoms with Crippen LogP contribution in [0, 0.1) is 0 Å². The summed E-state index contributed by atoms with van der Waals surface area (Å²) in [6.45, 7) is 10.7. The first-order valence-corrected chi connectivity index (χ1v) is 9.03. The van der Waals surface area contributed by atoms with E-state index >= 15 is 0 Å². The number of likely N-dealkylation sites (tertiary alicyclic amines) is 1. The van der Waals surface area contributed by atoms with Crippen LogP contribution in [0.1, 0.15) is 33.6 Å². The maximum Gasteiger partial charge on any atom is 0.322 e. The number of carbonyl (C=O) groups excluding carboxylic acids is 1. The van der Waals surface area contributed by atoms with Crippen LogP contribution in [-0.4, -0.2) is 70.0 Å². The minimum atomic E-state index is -0.0116. The summed E-state index contributed by atoms with van der Waals surface area (Å²) >= 11 is 0. The van der Waals surface area contributed by atoms with E-state index in [0.29, 0.717) is 0 Å². The summed E-state index contributed by atoms with van der Waals surface area (Å²) in [4.78, 5) is 17.0. The molecule has 0 aliphatic carbocycles. The molecule has 2 saturated heterocycles. The number of morpholine rings is 1. The topological polar surface area (TPSA) is 62.6 Å². The van der Waals surface area contributed by atoms with E-state index < -0.39 is 0 Å². The number of aromatic nitrogens is 2. The lowest BCUT2D eigenvalue weighted by Crippen LogP contribution is -2.51. The van der Waals surface area contributed by atoms with Crippen molar-refractivity contribution in [1.29, 1.82) is 0 Å². The normalized spacial score (nSPS) is 28.3. The van der Waals surface area contributed by atoms with Gasteiger partial charge in [-0.05, 0) is 33.6 Å². The van der Waals surface area contributed by atoms with E-state index in [1.54, 1.807) is 6.20 Å². The first-order chi connectivity index (χ1) is 11.5. The van der Waals surface area contributed by atoms with Crippen molar-refractivity contribution in [3.05, 3.63) is 12.4 Å². The van der Waals surface area contributed by atoms with Gasteiger partial charge in [-0.15, -0.1) is 0 Å². The fourth-order valence-electron chi connectivity index (χ4n) is 3.82. The Morgan fingerprint density at radius 2 is 2.12 bits per heavy atom. The predicted octanol–water partition coefficient (Wildman–Crippen LogP) is 2.01. The highest BCUT2D eigenvalue weighted by molar-refractivity contribution is 5.89. The molecule has 2 amide bonds. The van der Waals surface area contributed by atoms with Gasteiger partial charge in [0.1, 0.15) is 0 Å². The van der Waals surface area contributed by atoms with Gasteiger partial charge in [0.25, 0.3) is 0 Å². The molecule has 24 heavy (non-hydrogen) atoms. The predicted molar refractivity (Wildman–Crippen MR) is 93.1 cm³/mol. The number of urea groups is 1. The Kier molecular flexibility index (Phi) is 5.40. The first kappa shape index (κ1) is 17.2. The van der Waals surface area contributed by atoms with Crippen molar-refractivity contribution >= 4 is 11.7 Å². The zero-order valence-electron chi connectivity index (χ0n) is 14.9. The fraction of sp³-hybridized carbons (Fsp3) is 0.765. The molecule has 2 aliphatic rings. The average molecular weight is 335 g/mol. The van der Waals surface area contributed by atoms with E-state index in [2.05, 4.69) is 29.2 Å². The molecule has 2 aliphatic heterocycles. The van der Waals surface area contributed by atoms with Gasteiger partial charge in [0.05, 0.1) is 24.1 Å². The van der Waals surface area contributed by atoms with Crippen molar-refractivity contribution in [2.45, 2.75) is 58.4 Å². The number of ether oxygens (including phenoxy) is 1. The van der Waals surface area contributed by atoms with E-state index in [1.165, 1.54) is 0 Å². The Morgan fingerprint density at radius 3 is 2.79 bits per heavy atom. The second-order valence-electron chi connectivity index (χ2n) is 6.98. The van der Waals surface area contributed by atoms with Crippen molar-refractivity contribution in [1.82, 2.24) is 19.6 Å². The minimum absolute atomic E-state index is 0.0116. The minimum Gasteiger partial charge on any atom is -0.373 e. The smallest absolute Gasteiger partial charge is 0.322 e. The number of nitrogens with zero attached hydrogens (tertiary/aromatic N) is 4. The highest BCUT2D eigenvalue weighted by Crippen LogP contribution is 2.21. The number of aryl methyl sites for hydroxylation is 1. The second-order valence-corrected chi connectivity index (χ2v) is 6.98. The van der Waals surface area contributed by atoms with Crippen molar-refractivity contribution < 1.29 is 9.53 Å². The van der Waals surface area contributed by atoms with Gasteiger partial charge in [-0.1, -0.05) is 0 Å². The highest BCUT2D eigenvalue weighted by atomic mass is 16.5. The number of anilines is 1. The third kappa shape index (κ3) is 4.08. The van der Waals surface area contributed by atoms with Crippen LogP contribution in [-0.2, 0) is 11.3 Å². The molecule has 1 N–H and O–H groups in total. The molecule has 0 spiro atoms. The van der Waals surface area contributed by atoms with Gasteiger partial charge < -0.3 is 15.0 Å². The van der Waals surface area contributed by atoms with Gasteiger partial charge in [0.2, 0.25) is 0 Å². The Labute approximate surface area is 143 Å². The summed E-state index contributed by atoms with van der Waals surface area (Å²) in [6.07, 6.45) is 6.24. The van der Waals surface area contributed by atoms with Gasteiger partial charge in [0, 0.05) is 45.0 Å². The molecular weight excluding hydrogens is 306 g/mol. The highest BCUT2D eigenvalue weighted by Gasteiger charge is 2.32. The number of nitrogens with one attached hydrogen (secondary N) is 1. The Bertz CT molecular complexity index is 551. The van der Waals surface area contributed by atoms with Crippen LogP contribution in [0.2, 0.25) is 0 Å². The van der Waals surface area contributed by atoms with Crippen LogP contribution in [0.3, 0.4) is 0 Å². The Hall–Kier alpha value is -1.60. The van der Waals surface area contributed by atoms with Gasteiger partial charge in [-0.2, -0.15) is 5.10 Å². The van der Waals surface area contributed by atoms with E-state index in [-0.39, 0.29) is 24.3 Å².